The smallest absolute Gasteiger partial charge is 0.278 e. The molecule has 0 radical (unpaired) electrons. The zero-order chi connectivity index (χ0) is 19.8. The van der Waals surface area contributed by atoms with Crippen LogP contribution in [0.5, 0.6) is 5.75 Å². The molecule has 0 N–H and O–H groups in total. The Bertz CT molecular complexity index is 1130. The number of hydrogen-bond acceptors (Lipinski definition) is 6. The van der Waals surface area contributed by atoms with E-state index in [1.54, 1.807) is 7.11 Å². The zero-order valence-electron chi connectivity index (χ0n) is 16.2. The molecule has 0 saturated carbocycles. The summed E-state index contributed by atoms with van der Waals surface area (Å²) < 4.78 is 18.7. The van der Waals surface area contributed by atoms with Crippen LogP contribution in [0.25, 0.3) is 23.0 Å². The number of rotatable bonds is 4. The van der Waals surface area contributed by atoms with Gasteiger partial charge in [0.15, 0.2) is 5.69 Å². The van der Waals surface area contributed by atoms with Crippen molar-refractivity contribution >= 4 is 0 Å². The fourth-order valence-electron chi connectivity index (χ4n) is 3.40. The second kappa shape index (κ2) is 7.18. The van der Waals surface area contributed by atoms with Crippen LogP contribution in [-0.2, 0) is 17.9 Å². The summed E-state index contributed by atoms with van der Waals surface area (Å²) >= 11 is 0. The molecule has 1 aliphatic rings. The fraction of sp³-hybridized carbons (Fsp3) is 0.227. The van der Waals surface area contributed by atoms with Gasteiger partial charge in [0.1, 0.15) is 11.9 Å². The van der Waals surface area contributed by atoms with Gasteiger partial charge < -0.3 is 14.0 Å². The zero-order valence-corrected chi connectivity index (χ0v) is 16.2. The van der Waals surface area contributed by atoms with Crippen molar-refractivity contribution in [2.24, 2.45) is 0 Å². The molecule has 0 bridgehead atoms. The highest BCUT2D eigenvalue weighted by Crippen LogP contribution is 2.30. The summed E-state index contributed by atoms with van der Waals surface area (Å²) in [4.78, 5) is 4.51. The lowest BCUT2D eigenvalue weighted by Gasteiger charge is -2.24. The van der Waals surface area contributed by atoms with Gasteiger partial charge in [0, 0.05) is 5.56 Å². The van der Waals surface area contributed by atoms with E-state index >= 15 is 0 Å². The maximum Gasteiger partial charge on any atom is 0.278 e. The summed E-state index contributed by atoms with van der Waals surface area (Å²) in [6.07, 6.45) is -0.0630. The van der Waals surface area contributed by atoms with E-state index in [0.29, 0.717) is 30.6 Å². The molecule has 2 aromatic carbocycles. The average molecular weight is 388 g/mol. The van der Waals surface area contributed by atoms with Gasteiger partial charge in [-0.3, -0.25) is 4.68 Å². The number of ether oxygens (including phenoxy) is 2. The van der Waals surface area contributed by atoms with E-state index in [-0.39, 0.29) is 6.10 Å². The molecule has 7 nitrogen and oxygen atoms in total. The molecule has 5 rings (SSSR count). The van der Waals surface area contributed by atoms with Crippen LogP contribution >= 0.6 is 0 Å². The molecule has 0 spiro atoms. The predicted octanol–water partition coefficient (Wildman–Crippen LogP) is 4.19. The lowest BCUT2D eigenvalue weighted by molar-refractivity contribution is -0.00115. The van der Waals surface area contributed by atoms with Crippen LogP contribution in [0.1, 0.15) is 22.9 Å². The molecule has 29 heavy (non-hydrogen) atoms. The molecular weight excluding hydrogens is 368 g/mol. The van der Waals surface area contributed by atoms with E-state index in [4.69, 9.17) is 14.0 Å². The minimum Gasteiger partial charge on any atom is -0.497 e. The van der Waals surface area contributed by atoms with Crippen molar-refractivity contribution in [3.8, 4) is 28.7 Å². The Morgan fingerprint density at radius 2 is 1.86 bits per heavy atom. The lowest BCUT2D eigenvalue weighted by Crippen LogP contribution is -2.21. The molecule has 2 aromatic heterocycles. The van der Waals surface area contributed by atoms with Gasteiger partial charge in [-0.05, 0) is 30.7 Å². The molecule has 1 aliphatic heterocycles. The molecule has 7 heteroatoms. The van der Waals surface area contributed by atoms with Gasteiger partial charge in [-0.2, -0.15) is 10.1 Å². The van der Waals surface area contributed by atoms with E-state index in [1.165, 1.54) is 5.56 Å². The lowest BCUT2D eigenvalue weighted by atomic mass is 10.1. The molecule has 1 atom stereocenters. The van der Waals surface area contributed by atoms with Crippen LogP contribution < -0.4 is 4.74 Å². The van der Waals surface area contributed by atoms with Crippen molar-refractivity contribution in [1.82, 2.24) is 19.9 Å². The summed E-state index contributed by atoms with van der Waals surface area (Å²) in [6.45, 7) is 3.14. The van der Waals surface area contributed by atoms with Gasteiger partial charge in [0.2, 0.25) is 5.82 Å². The topological polar surface area (TPSA) is 75.2 Å². The largest absolute Gasteiger partial charge is 0.497 e. The van der Waals surface area contributed by atoms with Crippen LogP contribution in [0.15, 0.2) is 59.1 Å². The van der Waals surface area contributed by atoms with Gasteiger partial charge in [-0.25, -0.2) is 0 Å². The van der Waals surface area contributed by atoms with Gasteiger partial charge >= 0.3 is 0 Å². The maximum atomic E-state index is 6.03. The van der Waals surface area contributed by atoms with Crippen molar-refractivity contribution in [3.05, 3.63) is 71.4 Å². The SMILES string of the molecule is COc1ccc([C@H]2Cn3nc(-c4nc(-c5ccc(C)cc5)no4)cc3CO2)cc1. The first-order chi connectivity index (χ1) is 14.2. The quantitative estimate of drug-likeness (QED) is 0.522. The molecule has 3 heterocycles. The van der Waals surface area contributed by atoms with E-state index in [1.807, 2.05) is 66.2 Å². The molecule has 4 aromatic rings. The summed E-state index contributed by atoms with van der Waals surface area (Å²) in [5.41, 5.74) is 4.83. The number of fused-ring (bicyclic) bond motifs is 1. The first-order valence-corrected chi connectivity index (χ1v) is 9.43. The Balaban J connectivity index is 1.37. The predicted molar refractivity (Wildman–Crippen MR) is 106 cm³/mol. The Morgan fingerprint density at radius 3 is 2.62 bits per heavy atom. The molecule has 0 fully saturated rings. The van der Waals surface area contributed by atoms with Crippen LogP contribution in [0, 0.1) is 6.92 Å². The molecule has 146 valence electrons. The van der Waals surface area contributed by atoms with Gasteiger partial charge in [0.25, 0.3) is 5.89 Å². The number of aromatic nitrogens is 4. The maximum absolute atomic E-state index is 6.03. The molecule has 0 saturated heterocycles. The monoisotopic (exact) mass is 388 g/mol. The first-order valence-electron chi connectivity index (χ1n) is 9.43. The molecular formula is C22H20N4O3. The molecule has 0 unspecified atom stereocenters. The number of hydrogen-bond donors (Lipinski definition) is 0. The summed E-state index contributed by atoms with van der Waals surface area (Å²) in [5.74, 6) is 1.79. The van der Waals surface area contributed by atoms with E-state index in [9.17, 15) is 0 Å². The Morgan fingerprint density at radius 1 is 1.07 bits per heavy atom. The third-order valence-electron chi connectivity index (χ3n) is 5.08. The summed E-state index contributed by atoms with van der Waals surface area (Å²) in [6, 6.07) is 17.9. The van der Waals surface area contributed by atoms with E-state index < -0.39 is 0 Å². The number of nitrogens with zero attached hydrogens (tertiary/aromatic N) is 4. The minimum absolute atomic E-state index is 0.0630. The number of aryl methyl sites for hydroxylation is 1. The Hall–Kier alpha value is -3.45. The first kappa shape index (κ1) is 17.6. The highest BCUT2D eigenvalue weighted by Gasteiger charge is 2.24. The van der Waals surface area contributed by atoms with E-state index in [2.05, 4.69) is 15.2 Å². The minimum atomic E-state index is -0.0630. The molecule has 0 aliphatic carbocycles. The van der Waals surface area contributed by atoms with Crippen LogP contribution in [0.4, 0.5) is 0 Å². The third kappa shape index (κ3) is 3.40. The highest BCUT2D eigenvalue weighted by molar-refractivity contribution is 5.58. The average Bonchev–Trinajstić information content (AvgIpc) is 3.41. The Kier molecular flexibility index (Phi) is 4.37. The van der Waals surface area contributed by atoms with Crippen molar-refractivity contribution < 1.29 is 14.0 Å². The van der Waals surface area contributed by atoms with Gasteiger partial charge in [0.05, 0.1) is 26.0 Å². The van der Waals surface area contributed by atoms with Gasteiger partial charge in [-0.15, -0.1) is 0 Å². The standard InChI is InChI=1S/C22H20N4O3/c1-14-3-5-16(6-4-14)21-23-22(29-25-21)19-11-17-13-28-20(12-26(17)24-19)15-7-9-18(27-2)10-8-15/h3-11,20H,12-13H2,1-2H3/t20-/m1/s1. The van der Waals surface area contributed by atoms with E-state index in [0.717, 1.165) is 22.6 Å². The number of methoxy groups -OCH3 is 1. The van der Waals surface area contributed by atoms with Crippen molar-refractivity contribution in [2.75, 3.05) is 7.11 Å². The van der Waals surface area contributed by atoms with Crippen molar-refractivity contribution in [1.29, 1.82) is 0 Å². The highest BCUT2D eigenvalue weighted by atomic mass is 16.5. The summed E-state index contributed by atoms with van der Waals surface area (Å²) in [5, 5.41) is 8.77. The van der Waals surface area contributed by atoms with Crippen LogP contribution in [-0.4, -0.2) is 27.0 Å². The van der Waals surface area contributed by atoms with Crippen LogP contribution in [0.3, 0.4) is 0 Å². The van der Waals surface area contributed by atoms with Crippen molar-refractivity contribution in [3.63, 3.8) is 0 Å². The second-order valence-electron chi connectivity index (χ2n) is 7.06. The number of benzene rings is 2. The fourth-order valence-corrected chi connectivity index (χ4v) is 3.40. The molecule has 0 amide bonds. The Labute approximate surface area is 167 Å². The normalized spacial score (nSPS) is 15.9. The second-order valence-corrected chi connectivity index (χ2v) is 7.06. The van der Waals surface area contributed by atoms with Crippen LogP contribution in [0.2, 0.25) is 0 Å². The third-order valence-corrected chi connectivity index (χ3v) is 5.08. The van der Waals surface area contributed by atoms with Gasteiger partial charge in [-0.1, -0.05) is 47.1 Å². The van der Waals surface area contributed by atoms with Crippen molar-refractivity contribution in [2.45, 2.75) is 26.2 Å². The summed E-state index contributed by atoms with van der Waals surface area (Å²) in [7, 11) is 1.66.